The second-order valence-electron chi connectivity index (χ2n) is 5.63. The maximum atomic E-state index is 4.88. The van der Waals surface area contributed by atoms with E-state index in [-0.39, 0.29) is 0 Å². The molecule has 4 rings (SSSR count). The van der Waals surface area contributed by atoms with E-state index in [1.807, 2.05) is 30.3 Å². The molecule has 0 atom stereocenters. The van der Waals surface area contributed by atoms with Crippen molar-refractivity contribution in [2.45, 2.75) is 6.92 Å². The zero-order valence-corrected chi connectivity index (χ0v) is 14.2. The van der Waals surface area contributed by atoms with Gasteiger partial charge in [-0.05, 0) is 30.5 Å². The van der Waals surface area contributed by atoms with Gasteiger partial charge in [-0.3, -0.25) is 0 Å². The Morgan fingerprint density at radius 3 is 2.46 bits per heavy atom. The number of fused-ring (bicyclic) bond motifs is 3. The highest BCUT2D eigenvalue weighted by Crippen LogP contribution is 2.41. The average Bonchev–Trinajstić information content (AvgIpc) is 2.96. The van der Waals surface area contributed by atoms with Crippen LogP contribution in [0.1, 0.15) is 10.4 Å². The average molecular weight is 328 g/mol. The van der Waals surface area contributed by atoms with Crippen LogP contribution in [0.4, 0.5) is 5.69 Å². The predicted octanol–water partition coefficient (Wildman–Crippen LogP) is 6.14. The van der Waals surface area contributed by atoms with Gasteiger partial charge in [0.05, 0.1) is 5.69 Å². The van der Waals surface area contributed by atoms with Crippen molar-refractivity contribution >= 4 is 50.4 Å². The number of hydrogen-bond acceptors (Lipinski definition) is 2. The lowest BCUT2D eigenvalue weighted by Crippen LogP contribution is -1.95. The fourth-order valence-electron chi connectivity index (χ4n) is 2.99. The van der Waals surface area contributed by atoms with E-state index in [2.05, 4.69) is 55.0 Å². The van der Waals surface area contributed by atoms with Crippen LogP contribution in [0.25, 0.3) is 20.9 Å². The monoisotopic (exact) mass is 328 g/mol. The van der Waals surface area contributed by atoms with Gasteiger partial charge in [0.15, 0.2) is 5.84 Å². The molecule has 0 aliphatic heterocycles. The zero-order valence-electron chi connectivity index (χ0n) is 13.4. The van der Waals surface area contributed by atoms with E-state index in [9.17, 15) is 0 Å². The molecule has 0 saturated carbocycles. The highest BCUT2D eigenvalue weighted by Gasteiger charge is 2.13. The summed E-state index contributed by atoms with van der Waals surface area (Å²) < 4.78 is 1.25. The second-order valence-corrected chi connectivity index (χ2v) is 6.88. The third-order valence-electron chi connectivity index (χ3n) is 4.12. The van der Waals surface area contributed by atoms with Crippen LogP contribution in [0.2, 0.25) is 0 Å². The van der Waals surface area contributed by atoms with Crippen molar-refractivity contribution in [2.24, 2.45) is 9.98 Å². The summed E-state index contributed by atoms with van der Waals surface area (Å²) in [5, 5.41) is 3.66. The number of amidine groups is 1. The molecule has 24 heavy (non-hydrogen) atoms. The summed E-state index contributed by atoms with van der Waals surface area (Å²) in [6.45, 7) is 5.83. The third-order valence-corrected chi connectivity index (χ3v) is 5.18. The summed E-state index contributed by atoms with van der Waals surface area (Å²) in [6.07, 6.45) is 0. The molecule has 0 fully saturated rings. The molecule has 3 aromatic carbocycles. The Hall–Kier alpha value is -2.78. The molecule has 0 saturated heterocycles. The summed E-state index contributed by atoms with van der Waals surface area (Å²) >= 11 is 1.77. The summed E-state index contributed by atoms with van der Waals surface area (Å²) in [6, 6.07) is 22.8. The van der Waals surface area contributed by atoms with Crippen LogP contribution in [0.15, 0.2) is 76.7 Å². The van der Waals surface area contributed by atoms with Gasteiger partial charge in [-0.15, -0.1) is 11.3 Å². The molecule has 0 unspecified atom stereocenters. The summed E-state index contributed by atoms with van der Waals surface area (Å²) in [5.74, 6) is 0.659. The van der Waals surface area contributed by atoms with Gasteiger partial charge < -0.3 is 0 Å². The van der Waals surface area contributed by atoms with E-state index in [0.29, 0.717) is 5.84 Å². The molecule has 0 bridgehead atoms. The van der Waals surface area contributed by atoms with Gasteiger partial charge in [0.25, 0.3) is 0 Å². The van der Waals surface area contributed by atoms with Crippen LogP contribution in [-0.2, 0) is 0 Å². The quantitative estimate of drug-likeness (QED) is 0.312. The number of aliphatic imine (C=N–C) groups is 2. The molecule has 4 aromatic rings. The van der Waals surface area contributed by atoms with Crippen LogP contribution in [0.5, 0.6) is 0 Å². The summed E-state index contributed by atoms with van der Waals surface area (Å²) in [4.78, 5) is 10.2. The van der Waals surface area contributed by atoms with E-state index in [1.54, 1.807) is 11.3 Å². The minimum absolute atomic E-state index is 0.659. The lowest BCUT2D eigenvalue weighted by atomic mass is 10.1. The number of thiophene rings is 1. The van der Waals surface area contributed by atoms with Gasteiger partial charge in [-0.1, -0.05) is 60.7 Å². The first-order valence-corrected chi connectivity index (χ1v) is 8.61. The number of hydrogen-bond donors (Lipinski definition) is 0. The van der Waals surface area contributed by atoms with Crippen molar-refractivity contribution in [2.75, 3.05) is 0 Å². The van der Waals surface area contributed by atoms with Crippen molar-refractivity contribution in [3.8, 4) is 0 Å². The molecule has 2 nitrogen and oxygen atoms in total. The molecule has 0 N–H and O–H groups in total. The van der Waals surface area contributed by atoms with Gasteiger partial charge in [-0.2, -0.15) is 0 Å². The van der Waals surface area contributed by atoms with Crippen LogP contribution in [0, 0.1) is 6.92 Å². The molecule has 1 heterocycles. The van der Waals surface area contributed by atoms with Crippen LogP contribution in [0.3, 0.4) is 0 Å². The predicted molar refractivity (Wildman–Crippen MR) is 106 cm³/mol. The van der Waals surface area contributed by atoms with Crippen molar-refractivity contribution < 1.29 is 0 Å². The lowest BCUT2D eigenvalue weighted by Gasteiger charge is -2.04. The van der Waals surface area contributed by atoms with E-state index >= 15 is 0 Å². The topological polar surface area (TPSA) is 24.7 Å². The van der Waals surface area contributed by atoms with Crippen LogP contribution >= 0.6 is 11.3 Å². The van der Waals surface area contributed by atoms with Crippen molar-refractivity contribution in [1.82, 2.24) is 0 Å². The largest absolute Gasteiger partial charge is 0.245 e. The summed E-state index contributed by atoms with van der Waals surface area (Å²) in [5.41, 5.74) is 1.98. The smallest absolute Gasteiger partial charge is 0.159 e. The highest BCUT2D eigenvalue weighted by atomic mass is 32.1. The van der Waals surface area contributed by atoms with Crippen molar-refractivity contribution in [1.29, 1.82) is 0 Å². The van der Waals surface area contributed by atoms with E-state index in [1.165, 1.54) is 25.7 Å². The molecule has 0 amide bonds. The molecular weight excluding hydrogens is 312 g/mol. The minimum Gasteiger partial charge on any atom is -0.245 e. The first kappa shape index (κ1) is 14.8. The fourth-order valence-corrected chi connectivity index (χ4v) is 4.01. The Balaban J connectivity index is 2.02. The van der Waals surface area contributed by atoms with E-state index < -0.39 is 0 Å². The van der Waals surface area contributed by atoms with Crippen LogP contribution < -0.4 is 0 Å². The number of rotatable bonds is 2. The van der Waals surface area contributed by atoms with Gasteiger partial charge >= 0.3 is 0 Å². The van der Waals surface area contributed by atoms with Gasteiger partial charge in [0.2, 0.25) is 0 Å². The Kier molecular flexibility index (Phi) is 3.71. The fraction of sp³-hybridized carbons (Fsp3) is 0.0476. The molecule has 0 aliphatic carbocycles. The Bertz CT molecular complexity index is 1080. The molecule has 0 aliphatic rings. The zero-order chi connectivity index (χ0) is 16.5. The third kappa shape index (κ3) is 2.43. The highest BCUT2D eigenvalue weighted by molar-refractivity contribution is 7.19. The number of nitrogens with zero attached hydrogens (tertiary/aromatic N) is 2. The molecular formula is C21H16N2S. The van der Waals surface area contributed by atoms with Gasteiger partial charge in [-0.25, -0.2) is 9.98 Å². The minimum atomic E-state index is 0.659. The number of aryl methyl sites for hydroxylation is 1. The first-order valence-electron chi connectivity index (χ1n) is 7.79. The maximum Gasteiger partial charge on any atom is 0.159 e. The SMILES string of the molecule is C=N/C(=N\c1c(C)sc2ccc3ccccc3c12)c1ccccc1. The van der Waals surface area contributed by atoms with Crippen LogP contribution in [-0.4, -0.2) is 12.6 Å². The normalized spacial score (nSPS) is 12.0. The Labute approximate surface area is 144 Å². The summed E-state index contributed by atoms with van der Waals surface area (Å²) in [7, 11) is 0. The first-order chi connectivity index (χ1) is 11.8. The van der Waals surface area contributed by atoms with Crippen molar-refractivity contribution in [3.05, 3.63) is 77.2 Å². The van der Waals surface area contributed by atoms with E-state index in [4.69, 9.17) is 4.99 Å². The molecule has 0 radical (unpaired) electrons. The molecule has 1 aromatic heterocycles. The lowest BCUT2D eigenvalue weighted by molar-refractivity contribution is 1.46. The van der Waals surface area contributed by atoms with Gasteiger partial charge in [0, 0.05) is 20.5 Å². The molecule has 0 spiro atoms. The Morgan fingerprint density at radius 2 is 1.67 bits per heavy atom. The molecule has 3 heteroatoms. The number of benzene rings is 3. The van der Waals surface area contributed by atoms with Crippen molar-refractivity contribution in [3.63, 3.8) is 0 Å². The van der Waals surface area contributed by atoms with E-state index in [0.717, 1.165) is 11.3 Å². The second kappa shape index (κ2) is 6.02. The molecule has 116 valence electrons. The van der Waals surface area contributed by atoms with Gasteiger partial charge in [0.1, 0.15) is 0 Å². The Morgan fingerprint density at radius 1 is 0.917 bits per heavy atom. The standard InChI is InChI=1S/C21H16N2S/c1-14-20(23-21(22-2)16-9-4-3-5-10-16)19-17-11-7-6-8-15(17)12-13-18(19)24-14/h3-13H,2H2,1H3/b23-21-. The maximum absolute atomic E-state index is 4.88.